The highest BCUT2D eigenvalue weighted by molar-refractivity contribution is 4.91. The molecule has 0 bridgehead atoms. The van der Waals surface area contributed by atoms with Crippen molar-refractivity contribution >= 4 is 0 Å². The van der Waals surface area contributed by atoms with E-state index in [4.69, 9.17) is 5.11 Å². The number of hydrogen-bond acceptors (Lipinski definition) is 3. The first-order valence-electron chi connectivity index (χ1n) is 6.76. The number of hydrogen-bond donors (Lipinski definition) is 2. The zero-order valence-corrected chi connectivity index (χ0v) is 10.7. The number of likely N-dealkylation sites (N-methyl/N-ethyl adjacent to an activating group) is 1. The van der Waals surface area contributed by atoms with Crippen molar-refractivity contribution in [3.63, 3.8) is 0 Å². The predicted molar refractivity (Wildman–Crippen MR) is 66.4 cm³/mol. The molecule has 16 heavy (non-hydrogen) atoms. The van der Waals surface area contributed by atoms with Gasteiger partial charge in [-0.25, -0.2) is 0 Å². The molecule has 2 aliphatic rings. The lowest BCUT2D eigenvalue weighted by Crippen LogP contribution is -2.51. The van der Waals surface area contributed by atoms with E-state index in [1.807, 2.05) is 0 Å². The Bertz CT molecular complexity index is 218. The van der Waals surface area contributed by atoms with Crippen molar-refractivity contribution < 1.29 is 5.11 Å². The highest BCUT2D eigenvalue weighted by Gasteiger charge is 2.36. The number of piperidine rings is 1. The SMILES string of the molecule is CNC1CC(CCO)CN(C(C)C2CC2)C1. The maximum Gasteiger partial charge on any atom is 0.0434 e. The number of rotatable bonds is 5. The average molecular weight is 226 g/mol. The van der Waals surface area contributed by atoms with Crippen LogP contribution in [0.2, 0.25) is 0 Å². The summed E-state index contributed by atoms with van der Waals surface area (Å²) in [7, 11) is 2.06. The van der Waals surface area contributed by atoms with Crippen molar-refractivity contribution in [2.24, 2.45) is 11.8 Å². The van der Waals surface area contributed by atoms with Crippen LogP contribution in [0.1, 0.15) is 32.6 Å². The molecule has 1 aliphatic heterocycles. The molecule has 1 heterocycles. The Morgan fingerprint density at radius 3 is 2.69 bits per heavy atom. The quantitative estimate of drug-likeness (QED) is 0.736. The molecule has 0 amide bonds. The van der Waals surface area contributed by atoms with Crippen LogP contribution in [0, 0.1) is 11.8 Å². The van der Waals surface area contributed by atoms with Gasteiger partial charge in [-0.15, -0.1) is 0 Å². The Hall–Kier alpha value is -0.120. The van der Waals surface area contributed by atoms with Crippen molar-refractivity contribution in [1.82, 2.24) is 10.2 Å². The molecule has 3 unspecified atom stereocenters. The minimum atomic E-state index is 0.340. The molecule has 0 aromatic rings. The van der Waals surface area contributed by atoms with E-state index in [1.54, 1.807) is 0 Å². The normalized spacial score (nSPS) is 33.9. The van der Waals surface area contributed by atoms with Crippen molar-refractivity contribution in [3.05, 3.63) is 0 Å². The van der Waals surface area contributed by atoms with E-state index in [-0.39, 0.29) is 0 Å². The van der Waals surface area contributed by atoms with Gasteiger partial charge in [-0.3, -0.25) is 4.90 Å². The average Bonchev–Trinajstić information content (AvgIpc) is 3.12. The van der Waals surface area contributed by atoms with Crippen LogP contribution in [0.25, 0.3) is 0 Å². The van der Waals surface area contributed by atoms with Crippen LogP contribution in [0.3, 0.4) is 0 Å². The third-order valence-electron chi connectivity index (χ3n) is 4.39. The molecular weight excluding hydrogens is 200 g/mol. The van der Waals surface area contributed by atoms with Gasteiger partial charge in [0, 0.05) is 31.8 Å². The summed E-state index contributed by atoms with van der Waals surface area (Å²) in [5.74, 6) is 1.63. The molecule has 1 saturated carbocycles. The van der Waals surface area contributed by atoms with E-state index >= 15 is 0 Å². The zero-order chi connectivity index (χ0) is 11.5. The Balaban J connectivity index is 1.90. The first-order valence-corrected chi connectivity index (χ1v) is 6.76. The fourth-order valence-corrected chi connectivity index (χ4v) is 3.05. The standard InChI is InChI=1S/C13H26N2O/c1-10(12-3-4-12)15-8-11(5-6-16)7-13(9-15)14-2/h10-14,16H,3-9H2,1-2H3. The monoisotopic (exact) mass is 226 g/mol. The molecular formula is C13H26N2O. The summed E-state index contributed by atoms with van der Waals surface area (Å²) >= 11 is 0. The second-order valence-electron chi connectivity index (χ2n) is 5.63. The van der Waals surface area contributed by atoms with Gasteiger partial charge in [0.05, 0.1) is 0 Å². The number of nitrogens with one attached hydrogen (secondary N) is 1. The highest BCUT2D eigenvalue weighted by Crippen LogP contribution is 2.36. The molecule has 0 aromatic heterocycles. The minimum Gasteiger partial charge on any atom is -0.396 e. The van der Waals surface area contributed by atoms with Gasteiger partial charge in [-0.1, -0.05) is 0 Å². The largest absolute Gasteiger partial charge is 0.396 e. The van der Waals surface area contributed by atoms with Crippen LogP contribution in [0.5, 0.6) is 0 Å². The fraction of sp³-hybridized carbons (Fsp3) is 1.00. The Morgan fingerprint density at radius 1 is 1.38 bits per heavy atom. The van der Waals surface area contributed by atoms with Gasteiger partial charge >= 0.3 is 0 Å². The van der Waals surface area contributed by atoms with E-state index in [2.05, 4.69) is 24.2 Å². The summed E-state index contributed by atoms with van der Waals surface area (Å²) in [5, 5.41) is 12.5. The van der Waals surface area contributed by atoms with Crippen LogP contribution in [0.4, 0.5) is 0 Å². The summed E-state index contributed by atoms with van der Waals surface area (Å²) in [4.78, 5) is 2.64. The van der Waals surface area contributed by atoms with Crippen molar-refractivity contribution in [2.45, 2.75) is 44.7 Å². The second kappa shape index (κ2) is 5.48. The molecule has 3 nitrogen and oxygen atoms in total. The molecule has 1 saturated heterocycles. The first kappa shape index (κ1) is 12.3. The van der Waals surface area contributed by atoms with Gasteiger partial charge in [0.25, 0.3) is 0 Å². The third kappa shape index (κ3) is 2.96. The van der Waals surface area contributed by atoms with Gasteiger partial charge < -0.3 is 10.4 Å². The van der Waals surface area contributed by atoms with Crippen LogP contribution >= 0.6 is 0 Å². The van der Waals surface area contributed by atoms with E-state index < -0.39 is 0 Å². The molecule has 1 aliphatic carbocycles. The van der Waals surface area contributed by atoms with E-state index in [0.717, 1.165) is 18.4 Å². The van der Waals surface area contributed by atoms with Crippen LogP contribution in [-0.2, 0) is 0 Å². The Kier molecular flexibility index (Phi) is 4.22. The van der Waals surface area contributed by atoms with Gasteiger partial charge in [0.15, 0.2) is 0 Å². The highest BCUT2D eigenvalue weighted by atomic mass is 16.3. The number of aliphatic hydroxyl groups excluding tert-OH is 1. The molecule has 0 spiro atoms. The number of aliphatic hydroxyl groups is 1. The number of nitrogens with zero attached hydrogens (tertiary/aromatic N) is 1. The van der Waals surface area contributed by atoms with Gasteiger partial charge in [0.2, 0.25) is 0 Å². The van der Waals surface area contributed by atoms with E-state index in [0.29, 0.717) is 18.6 Å². The molecule has 2 rings (SSSR count). The summed E-state index contributed by atoms with van der Waals surface area (Å²) in [6.07, 6.45) is 5.04. The molecule has 0 radical (unpaired) electrons. The third-order valence-corrected chi connectivity index (χ3v) is 4.39. The maximum absolute atomic E-state index is 9.08. The molecule has 0 aromatic carbocycles. The first-order chi connectivity index (χ1) is 7.74. The minimum absolute atomic E-state index is 0.340. The lowest BCUT2D eigenvalue weighted by Gasteiger charge is -2.41. The van der Waals surface area contributed by atoms with Crippen molar-refractivity contribution in [2.75, 3.05) is 26.7 Å². The van der Waals surface area contributed by atoms with Gasteiger partial charge in [-0.2, -0.15) is 0 Å². The Labute approximate surface area is 99.2 Å². The summed E-state index contributed by atoms with van der Waals surface area (Å²) in [5.41, 5.74) is 0. The number of likely N-dealkylation sites (tertiary alicyclic amines) is 1. The lowest BCUT2D eigenvalue weighted by atomic mass is 9.90. The predicted octanol–water partition coefficient (Wildman–Crippen LogP) is 1.08. The fourth-order valence-electron chi connectivity index (χ4n) is 3.05. The lowest BCUT2D eigenvalue weighted by molar-refractivity contribution is 0.0844. The molecule has 3 heteroatoms. The smallest absolute Gasteiger partial charge is 0.0434 e. The molecule has 3 atom stereocenters. The zero-order valence-electron chi connectivity index (χ0n) is 10.7. The van der Waals surface area contributed by atoms with Gasteiger partial charge in [-0.05, 0) is 51.5 Å². The van der Waals surface area contributed by atoms with Crippen LogP contribution < -0.4 is 5.32 Å². The molecule has 2 N–H and O–H groups in total. The van der Waals surface area contributed by atoms with E-state index in [1.165, 1.54) is 32.4 Å². The summed E-state index contributed by atoms with van der Waals surface area (Å²) in [6, 6.07) is 1.36. The summed E-state index contributed by atoms with van der Waals surface area (Å²) in [6.45, 7) is 5.10. The maximum atomic E-state index is 9.08. The molecule has 94 valence electrons. The Morgan fingerprint density at radius 2 is 2.12 bits per heavy atom. The van der Waals surface area contributed by atoms with E-state index in [9.17, 15) is 0 Å². The topological polar surface area (TPSA) is 35.5 Å². The van der Waals surface area contributed by atoms with Crippen molar-refractivity contribution in [1.29, 1.82) is 0 Å². The van der Waals surface area contributed by atoms with Crippen molar-refractivity contribution in [3.8, 4) is 0 Å². The van der Waals surface area contributed by atoms with Gasteiger partial charge in [0.1, 0.15) is 0 Å². The van der Waals surface area contributed by atoms with Crippen LogP contribution in [0.15, 0.2) is 0 Å². The van der Waals surface area contributed by atoms with Crippen LogP contribution in [-0.4, -0.2) is 48.8 Å². The molecule has 2 fully saturated rings. The second-order valence-corrected chi connectivity index (χ2v) is 5.63. The summed E-state index contributed by atoms with van der Waals surface area (Å²) < 4.78 is 0.